The van der Waals surface area contributed by atoms with E-state index in [1.54, 1.807) is 6.26 Å². The third kappa shape index (κ3) is 4.46. The lowest BCUT2D eigenvalue weighted by Gasteiger charge is -2.31. The van der Waals surface area contributed by atoms with Gasteiger partial charge >= 0.3 is 0 Å². The van der Waals surface area contributed by atoms with Crippen LogP contribution >= 0.6 is 0 Å². The van der Waals surface area contributed by atoms with E-state index in [1.165, 1.54) is 19.3 Å². The van der Waals surface area contributed by atoms with Crippen molar-refractivity contribution in [3.8, 4) is 0 Å². The molecule has 1 fully saturated rings. The molecule has 2 rings (SSSR count). The van der Waals surface area contributed by atoms with Crippen molar-refractivity contribution in [2.24, 2.45) is 11.8 Å². The Morgan fingerprint density at radius 3 is 2.72 bits per heavy atom. The van der Waals surface area contributed by atoms with Gasteiger partial charge in [-0.15, -0.1) is 0 Å². The zero-order valence-corrected chi connectivity index (χ0v) is 11.5. The smallest absolute Gasteiger partial charge is 0.117 e. The molecule has 2 atom stereocenters. The summed E-state index contributed by atoms with van der Waals surface area (Å²) in [6, 6.07) is 3.90. The van der Waals surface area contributed by atoms with E-state index in [4.69, 9.17) is 9.15 Å². The largest absolute Gasteiger partial charge is 0.468 e. The van der Waals surface area contributed by atoms with E-state index < -0.39 is 0 Å². The number of rotatable bonds is 6. The summed E-state index contributed by atoms with van der Waals surface area (Å²) in [5.74, 6) is 2.61. The van der Waals surface area contributed by atoms with Crippen LogP contribution in [-0.2, 0) is 11.3 Å². The molecule has 1 aromatic heterocycles. The van der Waals surface area contributed by atoms with Gasteiger partial charge in [-0.05, 0) is 43.2 Å². The van der Waals surface area contributed by atoms with Crippen molar-refractivity contribution in [3.63, 3.8) is 0 Å². The standard InChI is InChI=1S/C15H25NO2/c1-12-8-13(2)10-15(9-12)18-7-5-16-11-14-4-3-6-17-14/h3-4,6,12-13,15-16H,5,7-11H2,1-2H3. The number of hydrogen-bond donors (Lipinski definition) is 1. The monoisotopic (exact) mass is 251 g/mol. The molecule has 0 saturated heterocycles. The predicted molar refractivity (Wildman–Crippen MR) is 72.3 cm³/mol. The molecule has 0 aromatic carbocycles. The average molecular weight is 251 g/mol. The maximum atomic E-state index is 5.95. The summed E-state index contributed by atoms with van der Waals surface area (Å²) < 4.78 is 11.2. The van der Waals surface area contributed by atoms with E-state index in [2.05, 4.69) is 19.2 Å². The van der Waals surface area contributed by atoms with Crippen LogP contribution in [-0.4, -0.2) is 19.3 Å². The fourth-order valence-corrected chi connectivity index (χ4v) is 2.93. The lowest BCUT2D eigenvalue weighted by atomic mass is 9.82. The van der Waals surface area contributed by atoms with Crippen LogP contribution in [0.15, 0.2) is 22.8 Å². The van der Waals surface area contributed by atoms with Crippen LogP contribution in [0.4, 0.5) is 0 Å². The quantitative estimate of drug-likeness (QED) is 0.788. The fourth-order valence-electron chi connectivity index (χ4n) is 2.93. The Kier molecular flexibility index (Phi) is 5.26. The summed E-state index contributed by atoms with van der Waals surface area (Å²) in [7, 11) is 0. The van der Waals surface area contributed by atoms with Crippen LogP contribution in [0.3, 0.4) is 0 Å². The highest BCUT2D eigenvalue weighted by atomic mass is 16.5. The lowest BCUT2D eigenvalue weighted by molar-refractivity contribution is 0.00254. The Bertz CT molecular complexity index is 313. The van der Waals surface area contributed by atoms with Crippen LogP contribution in [0.2, 0.25) is 0 Å². The molecule has 2 unspecified atom stereocenters. The Hall–Kier alpha value is -0.800. The third-order valence-electron chi connectivity index (χ3n) is 3.65. The SMILES string of the molecule is CC1CC(C)CC(OCCNCc2ccco2)C1. The molecule has 0 bridgehead atoms. The maximum absolute atomic E-state index is 5.95. The summed E-state index contributed by atoms with van der Waals surface area (Å²) in [4.78, 5) is 0. The molecule has 1 saturated carbocycles. The van der Waals surface area contributed by atoms with E-state index in [0.717, 1.165) is 37.3 Å². The molecule has 3 heteroatoms. The van der Waals surface area contributed by atoms with Gasteiger partial charge in [0.25, 0.3) is 0 Å². The van der Waals surface area contributed by atoms with Crippen LogP contribution < -0.4 is 5.32 Å². The van der Waals surface area contributed by atoms with Gasteiger partial charge in [-0.3, -0.25) is 0 Å². The van der Waals surface area contributed by atoms with E-state index in [9.17, 15) is 0 Å². The van der Waals surface area contributed by atoms with Crippen molar-refractivity contribution in [1.82, 2.24) is 5.32 Å². The molecule has 1 aliphatic carbocycles. The van der Waals surface area contributed by atoms with Gasteiger partial charge < -0.3 is 14.5 Å². The van der Waals surface area contributed by atoms with E-state index in [1.807, 2.05) is 12.1 Å². The van der Waals surface area contributed by atoms with Crippen molar-refractivity contribution in [2.45, 2.75) is 45.8 Å². The summed E-state index contributed by atoms with van der Waals surface area (Å²) >= 11 is 0. The Balaban J connectivity index is 1.55. The van der Waals surface area contributed by atoms with Gasteiger partial charge in [0.1, 0.15) is 5.76 Å². The van der Waals surface area contributed by atoms with Crippen molar-refractivity contribution in [3.05, 3.63) is 24.2 Å². The topological polar surface area (TPSA) is 34.4 Å². The zero-order valence-electron chi connectivity index (χ0n) is 11.5. The van der Waals surface area contributed by atoms with Crippen LogP contribution in [0.5, 0.6) is 0 Å². The molecule has 18 heavy (non-hydrogen) atoms. The number of ether oxygens (including phenoxy) is 1. The van der Waals surface area contributed by atoms with Gasteiger partial charge in [-0.25, -0.2) is 0 Å². The first-order valence-electron chi connectivity index (χ1n) is 7.08. The second kappa shape index (κ2) is 6.95. The van der Waals surface area contributed by atoms with Gasteiger partial charge in [0.15, 0.2) is 0 Å². The molecule has 1 N–H and O–H groups in total. The van der Waals surface area contributed by atoms with Gasteiger partial charge in [0.05, 0.1) is 25.5 Å². The minimum absolute atomic E-state index is 0.467. The first-order chi connectivity index (χ1) is 8.74. The Labute approximate surface area is 110 Å². The Morgan fingerprint density at radius 2 is 2.06 bits per heavy atom. The highest BCUT2D eigenvalue weighted by molar-refractivity contribution is 4.97. The van der Waals surface area contributed by atoms with Gasteiger partial charge in [-0.2, -0.15) is 0 Å². The minimum Gasteiger partial charge on any atom is -0.468 e. The normalized spacial score (nSPS) is 28.4. The molecule has 102 valence electrons. The van der Waals surface area contributed by atoms with Gasteiger partial charge in [-0.1, -0.05) is 13.8 Å². The highest BCUT2D eigenvalue weighted by Gasteiger charge is 2.23. The van der Waals surface area contributed by atoms with Crippen molar-refractivity contribution < 1.29 is 9.15 Å². The summed E-state index contributed by atoms with van der Waals surface area (Å²) in [6.45, 7) is 7.14. The molecule has 1 heterocycles. The van der Waals surface area contributed by atoms with E-state index in [-0.39, 0.29) is 0 Å². The molecule has 1 aromatic rings. The molecule has 0 radical (unpaired) electrons. The minimum atomic E-state index is 0.467. The number of furan rings is 1. The first-order valence-corrected chi connectivity index (χ1v) is 7.08. The van der Waals surface area contributed by atoms with Crippen LogP contribution in [0.1, 0.15) is 38.9 Å². The average Bonchev–Trinajstić information content (AvgIpc) is 2.80. The lowest BCUT2D eigenvalue weighted by Crippen LogP contribution is -2.29. The van der Waals surface area contributed by atoms with E-state index in [0.29, 0.717) is 6.10 Å². The summed E-state index contributed by atoms with van der Waals surface area (Å²) in [5, 5.41) is 3.33. The molecule has 0 aliphatic heterocycles. The van der Waals surface area contributed by atoms with Crippen molar-refractivity contribution >= 4 is 0 Å². The highest BCUT2D eigenvalue weighted by Crippen LogP contribution is 2.30. The summed E-state index contributed by atoms with van der Waals surface area (Å²) in [6.07, 6.45) is 5.98. The molecule has 1 aliphatic rings. The number of nitrogens with one attached hydrogen (secondary N) is 1. The Morgan fingerprint density at radius 1 is 1.28 bits per heavy atom. The predicted octanol–water partition coefficient (Wildman–Crippen LogP) is 3.21. The molecule has 0 spiro atoms. The van der Waals surface area contributed by atoms with E-state index >= 15 is 0 Å². The second-order valence-corrected chi connectivity index (χ2v) is 5.67. The maximum Gasteiger partial charge on any atom is 0.117 e. The first kappa shape index (κ1) is 13.6. The fraction of sp³-hybridized carbons (Fsp3) is 0.733. The van der Waals surface area contributed by atoms with Crippen LogP contribution in [0.25, 0.3) is 0 Å². The molecular formula is C15H25NO2. The second-order valence-electron chi connectivity index (χ2n) is 5.67. The van der Waals surface area contributed by atoms with Gasteiger partial charge in [0.2, 0.25) is 0 Å². The molecule has 3 nitrogen and oxygen atoms in total. The van der Waals surface area contributed by atoms with Crippen molar-refractivity contribution in [2.75, 3.05) is 13.2 Å². The number of hydrogen-bond acceptors (Lipinski definition) is 3. The molecular weight excluding hydrogens is 226 g/mol. The van der Waals surface area contributed by atoms with Crippen LogP contribution in [0, 0.1) is 11.8 Å². The third-order valence-corrected chi connectivity index (χ3v) is 3.65. The van der Waals surface area contributed by atoms with Crippen molar-refractivity contribution in [1.29, 1.82) is 0 Å². The van der Waals surface area contributed by atoms with Gasteiger partial charge in [0, 0.05) is 6.54 Å². The zero-order chi connectivity index (χ0) is 12.8. The summed E-state index contributed by atoms with van der Waals surface area (Å²) in [5.41, 5.74) is 0. The molecule has 0 amide bonds.